The van der Waals surface area contributed by atoms with Crippen LogP contribution in [0.5, 0.6) is 5.75 Å². The van der Waals surface area contributed by atoms with E-state index in [0.29, 0.717) is 12.3 Å². The molecule has 2 rings (SSSR count). The van der Waals surface area contributed by atoms with Crippen molar-refractivity contribution < 1.29 is 9.47 Å². The predicted octanol–water partition coefficient (Wildman–Crippen LogP) is 3.90. The van der Waals surface area contributed by atoms with Crippen LogP contribution < -0.4 is 4.74 Å². The van der Waals surface area contributed by atoms with Gasteiger partial charge in [-0.2, -0.15) is 5.26 Å². The molecule has 0 amide bonds. The molecule has 0 saturated carbocycles. The maximum Gasteiger partial charge on any atom is 0.122 e. The first-order chi connectivity index (χ1) is 9.57. The van der Waals surface area contributed by atoms with Gasteiger partial charge in [0.2, 0.25) is 0 Å². The van der Waals surface area contributed by atoms with E-state index in [-0.39, 0.29) is 11.5 Å². The van der Waals surface area contributed by atoms with Gasteiger partial charge in [0.25, 0.3) is 0 Å². The van der Waals surface area contributed by atoms with Crippen molar-refractivity contribution in [3.8, 4) is 11.8 Å². The van der Waals surface area contributed by atoms with Crippen molar-refractivity contribution in [1.82, 2.24) is 0 Å². The molecule has 0 unspecified atom stereocenters. The van der Waals surface area contributed by atoms with Crippen molar-refractivity contribution in [2.24, 2.45) is 5.92 Å². The molecule has 0 radical (unpaired) electrons. The van der Waals surface area contributed by atoms with Crippen LogP contribution in [0, 0.1) is 17.2 Å². The highest BCUT2D eigenvalue weighted by atomic mass is 16.5. The standard InChI is InChI=1S/C17H23NO2/c1-17(2)12-13(9-11-20-17)14(8-10-18)15-6-4-5-7-16(15)19-3/h4-7,13-14H,8-9,11-12H2,1-3H3/t13-,14+/m1/s1. The normalized spacial score (nSPS) is 22.8. The van der Waals surface area contributed by atoms with Crippen LogP contribution >= 0.6 is 0 Å². The van der Waals surface area contributed by atoms with Gasteiger partial charge in [0.1, 0.15) is 5.75 Å². The van der Waals surface area contributed by atoms with Gasteiger partial charge in [-0.1, -0.05) is 18.2 Å². The molecule has 1 fully saturated rings. The Labute approximate surface area is 121 Å². The number of para-hydroxylation sites is 1. The minimum absolute atomic E-state index is 0.0986. The highest BCUT2D eigenvalue weighted by Gasteiger charge is 2.35. The second kappa shape index (κ2) is 6.28. The van der Waals surface area contributed by atoms with E-state index in [9.17, 15) is 5.26 Å². The zero-order chi connectivity index (χ0) is 14.6. The summed E-state index contributed by atoms with van der Waals surface area (Å²) in [5.74, 6) is 1.58. The monoisotopic (exact) mass is 273 g/mol. The summed E-state index contributed by atoms with van der Waals surface area (Å²) in [6.45, 7) is 5.03. The highest BCUT2D eigenvalue weighted by molar-refractivity contribution is 5.37. The topological polar surface area (TPSA) is 42.2 Å². The van der Waals surface area contributed by atoms with Crippen LogP contribution in [0.1, 0.15) is 44.6 Å². The number of ether oxygens (including phenoxy) is 2. The molecular weight excluding hydrogens is 250 g/mol. The number of methoxy groups -OCH3 is 1. The van der Waals surface area contributed by atoms with Crippen LogP contribution in [0.3, 0.4) is 0 Å². The molecule has 1 saturated heterocycles. The second-order valence-corrected chi connectivity index (χ2v) is 6.07. The lowest BCUT2D eigenvalue weighted by atomic mass is 9.75. The summed E-state index contributed by atoms with van der Waals surface area (Å²) in [5.41, 5.74) is 1.05. The van der Waals surface area contributed by atoms with Crippen LogP contribution in [0.25, 0.3) is 0 Å². The van der Waals surface area contributed by atoms with Gasteiger partial charge in [0.05, 0.1) is 18.8 Å². The second-order valence-electron chi connectivity index (χ2n) is 6.07. The Hall–Kier alpha value is -1.53. The van der Waals surface area contributed by atoms with Crippen molar-refractivity contribution in [3.05, 3.63) is 29.8 Å². The fourth-order valence-electron chi connectivity index (χ4n) is 3.22. The number of hydrogen-bond acceptors (Lipinski definition) is 3. The van der Waals surface area contributed by atoms with Gasteiger partial charge in [-0.05, 0) is 44.2 Å². The Kier molecular flexibility index (Phi) is 4.67. The largest absolute Gasteiger partial charge is 0.496 e. The summed E-state index contributed by atoms with van der Waals surface area (Å²) in [6, 6.07) is 10.4. The molecule has 0 aliphatic carbocycles. The van der Waals surface area contributed by atoms with Crippen molar-refractivity contribution in [2.45, 2.75) is 44.6 Å². The van der Waals surface area contributed by atoms with E-state index in [1.807, 2.05) is 18.2 Å². The zero-order valence-corrected chi connectivity index (χ0v) is 12.6. The van der Waals surface area contributed by atoms with E-state index < -0.39 is 0 Å². The van der Waals surface area contributed by atoms with Gasteiger partial charge in [-0.25, -0.2) is 0 Å². The van der Waals surface area contributed by atoms with E-state index in [4.69, 9.17) is 9.47 Å². The van der Waals surface area contributed by atoms with Crippen LogP contribution in [-0.2, 0) is 4.74 Å². The lowest BCUT2D eigenvalue weighted by Crippen LogP contribution is -2.36. The summed E-state index contributed by atoms with van der Waals surface area (Å²) < 4.78 is 11.3. The van der Waals surface area contributed by atoms with Gasteiger partial charge in [0, 0.05) is 18.9 Å². The van der Waals surface area contributed by atoms with Crippen LogP contribution in [0.2, 0.25) is 0 Å². The number of rotatable bonds is 4. The lowest BCUT2D eigenvalue weighted by Gasteiger charge is -2.39. The molecule has 3 heteroatoms. The molecule has 2 atom stereocenters. The molecule has 0 aromatic heterocycles. The molecule has 1 aromatic carbocycles. The molecular formula is C17H23NO2. The molecule has 0 bridgehead atoms. The van der Waals surface area contributed by atoms with Crippen LogP contribution in [-0.4, -0.2) is 19.3 Å². The maximum atomic E-state index is 9.20. The Morgan fingerprint density at radius 1 is 1.45 bits per heavy atom. The molecule has 20 heavy (non-hydrogen) atoms. The molecule has 1 heterocycles. The fourth-order valence-corrected chi connectivity index (χ4v) is 3.22. The molecule has 0 spiro atoms. The first-order valence-corrected chi connectivity index (χ1v) is 7.21. The van der Waals surface area contributed by atoms with Crippen molar-refractivity contribution in [1.29, 1.82) is 5.26 Å². The zero-order valence-electron chi connectivity index (χ0n) is 12.6. The van der Waals surface area contributed by atoms with Crippen LogP contribution in [0.4, 0.5) is 0 Å². The SMILES string of the molecule is COc1ccccc1[C@@H](CC#N)[C@@H]1CCOC(C)(C)C1. The van der Waals surface area contributed by atoms with Gasteiger partial charge < -0.3 is 9.47 Å². The van der Waals surface area contributed by atoms with Crippen molar-refractivity contribution in [2.75, 3.05) is 13.7 Å². The summed E-state index contributed by atoms with van der Waals surface area (Å²) >= 11 is 0. The summed E-state index contributed by atoms with van der Waals surface area (Å²) in [7, 11) is 1.69. The van der Waals surface area contributed by atoms with Crippen LogP contribution in [0.15, 0.2) is 24.3 Å². The summed E-state index contributed by atoms with van der Waals surface area (Å²) in [6.07, 6.45) is 2.52. The first kappa shape index (κ1) is 14.9. The third-order valence-corrected chi connectivity index (χ3v) is 4.15. The van der Waals surface area contributed by atoms with E-state index >= 15 is 0 Å². The molecule has 1 aliphatic heterocycles. The Balaban J connectivity index is 2.29. The van der Waals surface area contributed by atoms with E-state index in [1.54, 1.807) is 7.11 Å². The van der Waals surface area contributed by atoms with E-state index in [1.165, 1.54) is 0 Å². The van der Waals surface area contributed by atoms with Gasteiger partial charge in [0.15, 0.2) is 0 Å². The average Bonchev–Trinajstić information content (AvgIpc) is 2.43. The third kappa shape index (κ3) is 3.32. The smallest absolute Gasteiger partial charge is 0.122 e. The Morgan fingerprint density at radius 2 is 2.20 bits per heavy atom. The number of hydrogen-bond donors (Lipinski definition) is 0. The minimum atomic E-state index is -0.0986. The number of nitriles is 1. The minimum Gasteiger partial charge on any atom is -0.496 e. The predicted molar refractivity (Wildman–Crippen MR) is 78.7 cm³/mol. The molecule has 1 aromatic rings. The lowest BCUT2D eigenvalue weighted by molar-refractivity contribution is -0.0766. The fraction of sp³-hybridized carbons (Fsp3) is 0.588. The highest BCUT2D eigenvalue weighted by Crippen LogP contribution is 2.42. The first-order valence-electron chi connectivity index (χ1n) is 7.21. The average molecular weight is 273 g/mol. The Bertz CT molecular complexity index is 490. The van der Waals surface area contributed by atoms with Crippen molar-refractivity contribution in [3.63, 3.8) is 0 Å². The van der Waals surface area contributed by atoms with E-state index in [2.05, 4.69) is 26.0 Å². The molecule has 1 aliphatic rings. The number of benzene rings is 1. The summed E-state index contributed by atoms with van der Waals surface area (Å²) in [5, 5.41) is 9.20. The summed E-state index contributed by atoms with van der Waals surface area (Å²) in [4.78, 5) is 0. The van der Waals surface area contributed by atoms with E-state index in [0.717, 1.165) is 30.8 Å². The third-order valence-electron chi connectivity index (χ3n) is 4.15. The maximum absolute atomic E-state index is 9.20. The van der Waals surface area contributed by atoms with Gasteiger partial charge >= 0.3 is 0 Å². The van der Waals surface area contributed by atoms with Gasteiger partial charge in [-0.15, -0.1) is 0 Å². The molecule has 0 N–H and O–H groups in total. The quantitative estimate of drug-likeness (QED) is 0.835. The molecule has 108 valence electrons. The van der Waals surface area contributed by atoms with Gasteiger partial charge in [-0.3, -0.25) is 0 Å². The van der Waals surface area contributed by atoms with Crippen molar-refractivity contribution >= 4 is 0 Å². The molecule has 3 nitrogen and oxygen atoms in total. The number of nitrogens with zero attached hydrogens (tertiary/aromatic N) is 1. The Morgan fingerprint density at radius 3 is 2.85 bits per heavy atom.